The van der Waals surface area contributed by atoms with Crippen molar-refractivity contribution in [3.8, 4) is 17.1 Å². The minimum Gasteiger partial charge on any atom is -0.491 e. The number of ether oxygens (including phenoxy) is 1. The van der Waals surface area contributed by atoms with Crippen molar-refractivity contribution in [3.63, 3.8) is 0 Å². The molecule has 2 atom stereocenters. The van der Waals surface area contributed by atoms with Gasteiger partial charge in [0.15, 0.2) is 12.1 Å². The summed E-state index contributed by atoms with van der Waals surface area (Å²) in [5.74, 6) is 0.498. The standard InChI is InChI=1S/C22H19ClN6O4/c1-12(2)32-16-8-6-13(7-9-16)20-24-17(33-26-20)11-28-19-18(25-27-28)21(30)29(22(19)31)15-5-3-4-14(23)10-15/h3-10,12,18-19H,11H2,1-2H3/t18-,19-/m1/s1. The third-order valence-corrected chi connectivity index (χ3v) is 5.41. The van der Waals surface area contributed by atoms with E-state index in [1.807, 2.05) is 38.1 Å². The van der Waals surface area contributed by atoms with Crippen LogP contribution in [0.4, 0.5) is 5.69 Å². The van der Waals surface area contributed by atoms with Crippen LogP contribution in [0, 0.1) is 0 Å². The van der Waals surface area contributed by atoms with Gasteiger partial charge in [0.25, 0.3) is 11.8 Å². The van der Waals surface area contributed by atoms with Crippen LogP contribution in [0.5, 0.6) is 5.75 Å². The number of imide groups is 1. The third-order valence-electron chi connectivity index (χ3n) is 5.17. The van der Waals surface area contributed by atoms with Crippen LogP contribution < -0.4 is 9.64 Å². The van der Waals surface area contributed by atoms with E-state index in [2.05, 4.69) is 20.5 Å². The van der Waals surface area contributed by atoms with Gasteiger partial charge in [-0.05, 0) is 56.3 Å². The third kappa shape index (κ3) is 3.93. The molecule has 33 heavy (non-hydrogen) atoms. The van der Waals surface area contributed by atoms with E-state index in [9.17, 15) is 9.59 Å². The van der Waals surface area contributed by atoms with Gasteiger partial charge >= 0.3 is 0 Å². The van der Waals surface area contributed by atoms with Gasteiger partial charge in [-0.25, -0.2) is 4.90 Å². The molecule has 0 N–H and O–H groups in total. The molecule has 1 fully saturated rings. The number of nitrogens with zero attached hydrogens (tertiary/aromatic N) is 6. The van der Waals surface area contributed by atoms with Gasteiger partial charge in [-0.1, -0.05) is 28.0 Å². The Kier molecular flexibility index (Phi) is 5.29. The largest absolute Gasteiger partial charge is 0.491 e. The fourth-order valence-electron chi connectivity index (χ4n) is 3.75. The second-order valence-electron chi connectivity index (χ2n) is 7.89. The first-order valence-corrected chi connectivity index (χ1v) is 10.7. The van der Waals surface area contributed by atoms with Crippen LogP contribution in [0.2, 0.25) is 5.02 Å². The first-order valence-electron chi connectivity index (χ1n) is 10.3. The van der Waals surface area contributed by atoms with Gasteiger partial charge in [0.05, 0.1) is 11.8 Å². The van der Waals surface area contributed by atoms with Crippen molar-refractivity contribution in [2.24, 2.45) is 10.3 Å². The molecule has 2 aromatic carbocycles. The smallest absolute Gasteiger partial charge is 0.263 e. The van der Waals surface area contributed by atoms with Crippen LogP contribution in [0.25, 0.3) is 11.4 Å². The summed E-state index contributed by atoms with van der Waals surface area (Å²) in [5, 5.41) is 13.8. The first kappa shape index (κ1) is 21.1. The molecule has 2 amide bonds. The first-order chi connectivity index (χ1) is 15.9. The Morgan fingerprint density at radius 1 is 1.12 bits per heavy atom. The molecule has 0 unspecified atom stereocenters. The predicted molar refractivity (Wildman–Crippen MR) is 117 cm³/mol. The van der Waals surface area contributed by atoms with E-state index in [-0.39, 0.29) is 18.5 Å². The molecule has 0 spiro atoms. The van der Waals surface area contributed by atoms with E-state index in [1.54, 1.807) is 24.3 Å². The second kappa shape index (κ2) is 8.28. The molecule has 10 nitrogen and oxygen atoms in total. The molecule has 11 heteroatoms. The number of amides is 2. The minimum absolute atomic E-state index is 0.0363. The van der Waals surface area contributed by atoms with Crippen molar-refractivity contribution in [3.05, 3.63) is 59.4 Å². The minimum atomic E-state index is -0.924. The van der Waals surface area contributed by atoms with Crippen molar-refractivity contribution in [2.45, 2.75) is 38.6 Å². The summed E-state index contributed by atoms with van der Waals surface area (Å²) < 4.78 is 11.0. The molecule has 2 aliphatic heterocycles. The van der Waals surface area contributed by atoms with E-state index < -0.39 is 23.9 Å². The number of hydrogen-bond donors (Lipinski definition) is 0. The number of anilines is 1. The molecule has 2 aliphatic rings. The summed E-state index contributed by atoms with van der Waals surface area (Å²) in [6, 6.07) is 12.1. The van der Waals surface area contributed by atoms with Crippen molar-refractivity contribution < 1.29 is 18.8 Å². The van der Waals surface area contributed by atoms with E-state index in [1.165, 1.54) is 5.01 Å². The maximum atomic E-state index is 13.1. The van der Waals surface area contributed by atoms with E-state index in [0.29, 0.717) is 16.5 Å². The summed E-state index contributed by atoms with van der Waals surface area (Å²) in [5.41, 5.74) is 1.15. The highest BCUT2D eigenvalue weighted by Crippen LogP contribution is 2.33. The molecular formula is C22H19ClN6O4. The Labute approximate surface area is 193 Å². The van der Waals surface area contributed by atoms with Crippen LogP contribution in [-0.2, 0) is 16.1 Å². The maximum Gasteiger partial charge on any atom is 0.263 e. The summed E-state index contributed by atoms with van der Waals surface area (Å²) in [7, 11) is 0. The fourth-order valence-corrected chi connectivity index (χ4v) is 3.94. The lowest BCUT2D eigenvalue weighted by atomic mass is 10.1. The van der Waals surface area contributed by atoms with Crippen molar-refractivity contribution >= 4 is 29.1 Å². The van der Waals surface area contributed by atoms with Gasteiger partial charge in [-0.3, -0.25) is 14.6 Å². The highest BCUT2D eigenvalue weighted by atomic mass is 35.5. The molecule has 5 rings (SSSR count). The molecule has 1 saturated heterocycles. The summed E-state index contributed by atoms with van der Waals surface area (Å²) in [6.07, 6.45) is 0.0751. The van der Waals surface area contributed by atoms with Gasteiger partial charge in [0.1, 0.15) is 12.3 Å². The Hall–Kier alpha value is -3.79. The Balaban J connectivity index is 1.31. The van der Waals surface area contributed by atoms with Crippen LogP contribution in [0.15, 0.2) is 63.4 Å². The monoisotopic (exact) mass is 466 g/mol. The van der Waals surface area contributed by atoms with Crippen LogP contribution >= 0.6 is 11.6 Å². The molecule has 0 radical (unpaired) electrons. The van der Waals surface area contributed by atoms with Gasteiger partial charge < -0.3 is 9.26 Å². The highest BCUT2D eigenvalue weighted by molar-refractivity contribution is 6.31. The summed E-state index contributed by atoms with van der Waals surface area (Å²) >= 11 is 6.02. The Morgan fingerprint density at radius 3 is 2.64 bits per heavy atom. The van der Waals surface area contributed by atoms with E-state index >= 15 is 0 Å². The van der Waals surface area contributed by atoms with Gasteiger partial charge in [-0.15, -0.1) is 0 Å². The summed E-state index contributed by atoms with van der Waals surface area (Å²) in [4.78, 5) is 31.4. The molecule has 0 bridgehead atoms. The molecule has 1 aromatic heterocycles. The van der Waals surface area contributed by atoms with Gasteiger partial charge in [0, 0.05) is 10.6 Å². The average Bonchev–Trinajstić information content (AvgIpc) is 3.47. The van der Waals surface area contributed by atoms with E-state index in [4.69, 9.17) is 20.9 Å². The molecule has 3 heterocycles. The van der Waals surface area contributed by atoms with Crippen molar-refractivity contribution in [1.82, 2.24) is 15.1 Å². The number of hydrogen-bond acceptors (Lipinski definition) is 9. The number of benzene rings is 2. The molecule has 168 valence electrons. The number of halogens is 1. The number of carbonyl (C=O) groups is 2. The number of rotatable bonds is 6. The normalized spacial score (nSPS) is 19.6. The highest BCUT2D eigenvalue weighted by Gasteiger charge is 2.55. The zero-order valence-corrected chi connectivity index (χ0v) is 18.5. The Morgan fingerprint density at radius 2 is 1.91 bits per heavy atom. The number of carbonyl (C=O) groups excluding carboxylic acids is 2. The van der Waals surface area contributed by atoms with Crippen molar-refractivity contribution in [2.75, 3.05) is 4.90 Å². The molecule has 0 saturated carbocycles. The quantitative estimate of drug-likeness (QED) is 0.509. The van der Waals surface area contributed by atoms with Crippen LogP contribution in [-0.4, -0.2) is 45.2 Å². The average molecular weight is 467 g/mol. The zero-order valence-electron chi connectivity index (χ0n) is 17.8. The lowest BCUT2D eigenvalue weighted by Gasteiger charge is -2.19. The molecule has 3 aromatic rings. The van der Waals surface area contributed by atoms with Crippen LogP contribution in [0.3, 0.4) is 0 Å². The van der Waals surface area contributed by atoms with Gasteiger partial charge in [-0.2, -0.15) is 10.1 Å². The zero-order chi connectivity index (χ0) is 23.1. The van der Waals surface area contributed by atoms with Crippen molar-refractivity contribution in [1.29, 1.82) is 0 Å². The topological polar surface area (TPSA) is 113 Å². The predicted octanol–water partition coefficient (Wildman–Crippen LogP) is 3.67. The fraction of sp³-hybridized carbons (Fsp3) is 0.273. The number of aromatic nitrogens is 2. The SMILES string of the molecule is CC(C)Oc1ccc(-c2noc(CN3N=N[C@H]4C(=O)N(c5cccc(Cl)c5)C(=O)[C@@H]43)n2)cc1. The van der Waals surface area contributed by atoms with Gasteiger partial charge in [0.2, 0.25) is 11.7 Å². The molecular weight excluding hydrogens is 448 g/mol. The maximum absolute atomic E-state index is 13.1. The lowest BCUT2D eigenvalue weighted by molar-refractivity contribution is -0.123. The Bertz CT molecular complexity index is 1240. The number of fused-ring (bicyclic) bond motifs is 1. The van der Waals surface area contributed by atoms with Crippen LogP contribution in [0.1, 0.15) is 19.7 Å². The van der Waals surface area contributed by atoms with E-state index in [0.717, 1.165) is 16.2 Å². The second-order valence-corrected chi connectivity index (χ2v) is 8.32. The lowest BCUT2D eigenvalue weighted by Crippen LogP contribution is -2.39. The summed E-state index contributed by atoms with van der Waals surface area (Å²) in [6.45, 7) is 3.95. The molecule has 0 aliphatic carbocycles.